The lowest BCUT2D eigenvalue weighted by Crippen LogP contribution is -1.86. The highest BCUT2D eigenvalue weighted by atomic mass is 16.3. The van der Waals surface area contributed by atoms with Gasteiger partial charge in [-0.2, -0.15) is 0 Å². The molecule has 0 aliphatic carbocycles. The van der Waals surface area contributed by atoms with E-state index in [1.807, 2.05) is 43.4 Å². The number of allylic oxidation sites excluding steroid dienone is 2. The normalized spacial score (nSPS) is 10.8. The van der Waals surface area contributed by atoms with Crippen LogP contribution in [0.5, 0.6) is 11.5 Å². The molecule has 0 amide bonds. The van der Waals surface area contributed by atoms with Gasteiger partial charge in [-0.25, -0.2) is 0 Å². The zero-order chi connectivity index (χ0) is 14.5. The van der Waals surface area contributed by atoms with Crippen LogP contribution in [0, 0.1) is 0 Å². The minimum Gasteiger partial charge on any atom is -0.507 e. The Kier molecular flexibility index (Phi) is 4.26. The molecule has 2 aromatic carbocycles. The highest BCUT2D eigenvalue weighted by Crippen LogP contribution is 2.33. The molecule has 0 bridgehead atoms. The Labute approximate surface area is 119 Å². The van der Waals surface area contributed by atoms with Crippen molar-refractivity contribution in [3.63, 3.8) is 0 Å². The van der Waals surface area contributed by atoms with Crippen LogP contribution in [0.2, 0.25) is 0 Å². The average Bonchev–Trinajstić information content (AvgIpc) is 2.44. The molecule has 0 heterocycles. The molecule has 0 spiro atoms. The van der Waals surface area contributed by atoms with Gasteiger partial charge in [0.15, 0.2) is 0 Å². The summed E-state index contributed by atoms with van der Waals surface area (Å²) in [5, 5.41) is 19.8. The number of phenolic OH excluding ortho intramolecular Hbond substituents is 2. The molecule has 0 aromatic heterocycles. The lowest BCUT2D eigenvalue weighted by atomic mass is 9.98. The molecule has 0 atom stereocenters. The second kappa shape index (κ2) is 6.11. The molecule has 0 saturated heterocycles. The second-order valence-corrected chi connectivity index (χ2v) is 4.62. The molecule has 0 aliphatic heterocycles. The third kappa shape index (κ3) is 2.91. The summed E-state index contributed by atoms with van der Waals surface area (Å²) < 4.78 is 0. The van der Waals surface area contributed by atoms with Crippen molar-refractivity contribution in [2.24, 2.45) is 0 Å². The summed E-state index contributed by atoms with van der Waals surface area (Å²) in [4.78, 5) is 0. The van der Waals surface area contributed by atoms with Crippen molar-refractivity contribution < 1.29 is 10.2 Å². The summed E-state index contributed by atoms with van der Waals surface area (Å²) >= 11 is 0. The smallest absolute Gasteiger partial charge is 0.123 e. The highest BCUT2D eigenvalue weighted by Gasteiger charge is 2.07. The Balaban J connectivity index is 2.52. The number of hydrogen-bond donors (Lipinski definition) is 2. The molecule has 2 heteroatoms. The van der Waals surface area contributed by atoms with E-state index in [0.717, 1.165) is 28.7 Å². The van der Waals surface area contributed by atoms with Crippen LogP contribution in [0.3, 0.4) is 0 Å². The lowest BCUT2D eigenvalue weighted by Gasteiger charge is -2.09. The first kappa shape index (κ1) is 13.9. The van der Waals surface area contributed by atoms with E-state index in [1.54, 1.807) is 18.2 Å². The molecule has 0 saturated carbocycles. The van der Waals surface area contributed by atoms with Crippen LogP contribution in [0.1, 0.15) is 18.1 Å². The van der Waals surface area contributed by atoms with Crippen LogP contribution in [0.25, 0.3) is 17.2 Å². The monoisotopic (exact) mass is 266 g/mol. The molecule has 0 unspecified atom stereocenters. The minimum absolute atomic E-state index is 0.230. The van der Waals surface area contributed by atoms with Gasteiger partial charge in [-0.1, -0.05) is 30.4 Å². The van der Waals surface area contributed by atoms with Gasteiger partial charge in [0, 0.05) is 11.1 Å². The van der Waals surface area contributed by atoms with E-state index < -0.39 is 0 Å². The van der Waals surface area contributed by atoms with Crippen molar-refractivity contribution in [3.8, 4) is 22.6 Å². The zero-order valence-corrected chi connectivity index (χ0v) is 11.5. The second-order valence-electron chi connectivity index (χ2n) is 4.62. The van der Waals surface area contributed by atoms with Gasteiger partial charge in [-0.15, -0.1) is 6.58 Å². The molecule has 0 fully saturated rings. The van der Waals surface area contributed by atoms with Crippen LogP contribution in [0.15, 0.2) is 55.1 Å². The zero-order valence-electron chi connectivity index (χ0n) is 11.5. The van der Waals surface area contributed by atoms with Gasteiger partial charge in [0.1, 0.15) is 11.5 Å². The maximum Gasteiger partial charge on any atom is 0.123 e. The summed E-state index contributed by atoms with van der Waals surface area (Å²) in [6, 6.07) is 10.8. The van der Waals surface area contributed by atoms with Crippen LogP contribution >= 0.6 is 0 Å². The summed E-state index contributed by atoms with van der Waals surface area (Å²) in [7, 11) is 0. The molecule has 0 radical (unpaired) electrons. The highest BCUT2D eigenvalue weighted by molar-refractivity contribution is 5.75. The van der Waals surface area contributed by atoms with Crippen molar-refractivity contribution in [3.05, 3.63) is 66.3 Å². The average molecular weight is 266 g/mol. The number of phenols is 2. The van der Waals surface area contributed by atoms with E-state index in [4.69, 9.17) is 0 Å². The van der Waals surface area contributed by atoms with Crippen LogP contribution in [-0.4, -0.2) is 10.2 Å². The molecule has 2 rings (SSSR count). The van der Waals surface area contributed by atoms with E-state index in [2.05, 4.69) is 6.58 Å². The first-order valence-corrected chi connectivity index (χ1v) is 6.54. The predicted molar refractivity (Wildman–Crippen MR) is 83.8 cm³/mol. The molecule has 20 heavy (non-hydrogen) atoms. The maximum atomic E-state index is 10.0. The Hall–Kier alpha value is -2.48. The van der Waals surface area contributed by atoms with E-state index in [1.165, 1.54) is 0 Å². The van der Waals surface area contributed by atoms with Gasteiger partial charge in [0.25, 0.3) is 0 Å². The molecule has 0 aliphatic rings. The summed E-state index contributed by atoms with van der Waals surface area (Å²) in [6.07, 6.45) is 6.29. The Bertz CT molecular complexity index is 654. The topological polar surface area (TPSA) is 40.5 Å². The summed E-state index contributed by atoms with van der Waals surface area (Å²) in [6.45, 7) is 5.62. The van der Waals surface area contributed by atoms with Crippen molar-refractivity contribution in [1.29, 1.82) is 0 Å². The molecule has 102 valence electrons. The quantitative estimate of drug-likeness (QED) is 0.798. The molecular weight excluding hydrogens is 248 g/mol. The van der Waals surface area contributed by atoms with Crippen molar-refractivity contribution in [2.45, 2.75) is 13.3 Å². The first-order valence-electron chi connectivity index (χ1n) is 6.54. The van der Waals surface area contributed by atoms with Gasteiger partial charge in [-0.3, -0.25) is 0 Å². The number of hydrogen-bond acceptors (Lipinski definition) is 2. The summed E-state index contributed by atoms with van der Waals surface area (Å²) in [5.74, 6) is 0.462. The number of aromatic hydroxyl groups is 2. The van der Waals surface area contributed by atoms with Gasteiger partial charge < -0.3 is 10.2 Å². The largest absolute Gasteiger partial charge is 0.507 e. The third-order valence-corrected chi connectivity index (χ3v) is 3.13. The SMILES string of the molecule is C=CCc1ccc(O)c(-c2ccc(O)c(/C=C\C)c2)c1. The molecule has 2 nitrogen and oxygen atoms in total. The van der Waals surface area contributed by atoms with Crippen molar-refractivity contribution >= 4 is 6.08 Å². The van der Waals surface area contributed by atoms with Crippen LogP contribution < -0.4 is 0 Å². The van der Waals surface area contributed by atoms with E-state index in [-0.39, 0.29) is 11.5 Å². The molecular formula is C18H18O2. The van der Waals surface area contributed by atoms with E-state index in [9.17, 15) is 10.2 Å². The van der Waals surface area contributed by atoms with Crippen molar-refractivity contribution in [2.75, 3.05) is 0 Å². The lowest BCUT2D eigenvalue weighted by molar-refractivity contribution is 0.473. The van der Waals surface area contributed by atoms with E-state index >= 15 is 0 Å². The van der Waals surface area contributed by atoms with E-state index in [0.29, 0.717) is 0 Å². The molecule has 2 aromatic rings. The minimum atomic E-state index is 0.230. The van der Waals surface area contributed by atoms with Gasteiger partial charge >= 0.3 is 0 Å². The van der Waals surface area contributed by atoms with Crippen LogP contribution in [-0.2, 0) is 6.42 Å². The Morgan fingerprint density at radius 2 is 1.80 bits per heavy atom. The summed E-state index contributed by atoms with van der Waals surface area (Å²) in [5.41, 5.74) is 3.46. The third-order valence-electron chi connectivity index (χ3n) is 3.13. The van der Waals surface area contributed by atoms with Gasteiger partial charge in [0.2, 0.25) is 0 Å². The first-order chi connectivity index (χ1) is 9.65. The standard InChI is InChI=1S/C18H18O2/c1-3-5-13-7-9-18(20)16(11-13)14-8-10-17(19)15(12-14)6-4-2/h3-4,6-12,19-20H,1,5H2,2H3/b6-4-. The number of benzene rings is 2. The van der Waals surface area contributed by atoms with Gasteiger partial charge in [-0.05, 0) is 48.7 Å². The molecule has 2 N–H and O–H groups in total. The Morgan fingerprint density at radius 1 is 1.05 bits per heavy atom. The maximum absolute atomic E-state index is 10.0. The fourth-order valence-corrected chi connectivity index (χ4v) is 2.14. The Morgan fingerprint density at radius 3 is 2.50 bits per heavy atom. The predicted octanol–water partition coefficient (Wildman–Crippen LogP) is 4.53. The fraction of sp³-hybridized carbons (Fsp3) is 0.111. The van der Waals surface area contributed by atoms with Crippen LogP contribution in [0.4, 0.5) is 0 Å². The van der Waals surface area contributed by atoms with Gasteiger partial charge in [0.05, 0.1) is 0 Å². The van der Waals surface area contributed by atoms with Crippen molar-refractivity contribution in [1.82, 2.24) is 0 Å². The number of rotatable bonds is 4. The fourth-order valence-electron chi connectivity index (χ4n) is 2.14.